The van der Waals surface area contributed by atoms with Gasteiger partial charge in [-0.15, -0.1) is 11.3 Å². The van der Waals surface area contributed by atoms with E-state index in [1.807, 2.05) is 0 Å². The highest BCUT2D eigenvalue weighted by Gasteiger charge is 2.26. The molecule has 1 aliphatic rings. The molecule has 0 spiro atoms. The van der Waals surface area contributed by atoms with Gasteiger partial charge in [-0.05, 0) is 36.1 Å². The van der Waals surface area contributed by atoms with Crippen molar-refractivity contribution in [3.8, 4) is 11.5 Å². The van der Waals surface area contributed by atoms with Gasteiger partial charge in [0.1, 0.15) is 4.90 Å². The zero-order chi connectivity index (χ0) is 15.2. The van der Waals surface area contributed by atoms with E-state index in [0.29, 0.717) is 22.6 Å². The van der Waals surface area contributed by atoms with Crippen LogP contribution in [0, 0.1) is 6.92 Å². The Morgan fingerprint density at radius 1 is 1.29 bits per heavy atom. The first-order chi connectivity index (χ1) is 9.88. The van der Waals surface area contributed by atoms with Gasteiger partial charge < -0.3 is 9.47 Å². The summed E-state index contributed by atoms with van der Waals surface area (Å²) in [5.41, 5.74) is 1.04. The van der Waals surface area contributed by atoms with Crippen LogP contribution < -0.4 is 9.47 Å². The third-order valence-electron chi connectivity index (χ3n) is 3.06. The monoisotopic (exact) mass is 344 g/mol. The van der Waals surface area contributed by atoms with Gasteiger partial charge in [-0.3, -0.25) is 4.79 Å². The highest BCUT2D eigenvalue weighted by atomic mass is 35.7. The summed E-state index contributed by atoms with van der Waals surface area (Å²) in [6.45, 7) is 1.85. The summed E-state index contributed by atoms with van der Waals surface area (Å²) in [4.78, 5) is 12.5. The van der Waals surface area contributed by atoms with Crippen LogP contribution in [0.1, 0.15) is 20.8 Å². The van der Waals surface area contributed by atoms with E-state index in [1.165, 1.54) is 11.4 Å². The molecule has 0 unspecified atom stereocenters. The molecular formula is C13H9ClO5S2. The van der Waals surface area contributed by atoms with Gasteiger partial charge in [0, 0.05) is 16.2 Å². The van der Waals surface area contributed by atoms with Crippen molar-refractivity contribution in [2.45, 2.75) is 11.8 Å². The number of fused-ring (bicyclic) bond motifs is 1. The number of hydrogen-bond donors (Lipinski definition) is 0. The van der Waals surface area contributed by atoms with E-state index in [4.69, 9.17) is 20.2 Å². The average Bonchev–Trinajstić information content (AvgIpc) is 3.04. The number of ether oxygens (including phenoxy) is 2. The summed E-state index contributed by atoms with van der Waals surface area (Å²) in [5, 5.41) is 1.52. The summed E-state index contributed by atoms with van der Waals surface area (Å²) in [6, 6.07) is 4.57. The molecule has 8 heteroatoms. The molecule has 3 rings (SSSR count). The van der Waals surface area contributed by atoms with E-state index in [0.717, 1.165) is 11.3 Å². The maximum Gasteiger partial charge on any atom is 0.262 e. The van der Waals surface area contributed by atoms with Crippen LogP contribution in [0.5, 0.6) is 11.5 Å². The van der Waals surface area contributed by atoms with Crippen molar-refractivity contribution >= 4 is 36.9 Å². The van der Waals surface area contributed by atoms with Crippen molar-refractivity contribution in [3.63, 3.8) is 0 Å². The zero-order valence-corrected chi connectivity index (χ0v) is 13.1. The van der Waals surface area contributed by atoms with Crippen molar-refractivity contribution in [1.82, 2.24) is 0 Å². The van der Waals surface area contributed by atoms with Gasteiger partial charge in [-0.25, -0.2) is 8.42 Å². The van der Waals surface area contributed by atoms with Gasteiger partial charge in [0.05, 0.1) is 4.88 Å². The van der Waals surface area contributed by atoms with E-state index < -0.39 is 14.8 Å². The third kappa shape index (κ3) is 2.52. The second-order valence-electron chi connectivity index (χ2n) is 4.40. The van der Waals surface area contributed by atoms with Gasteiger partial charge in [0.2, 0.25) is 12.6 Å². The lowest BCUT2D eigenvalue weighted by atomic mass is 10.0. The molecule has 2 heterocycles. The number of carbonyl (C=O) groups is 1. The van der Waals surface area contributed by atoms with Crippen LogP contribution in [0.25, 0.3) is 0 Å². The Kier molecular flexibility index (Phi) is 3.43. The van der Waals surface area contributed by atoms with E-state index in [-0.39, 0.29) is 16.6 Å². The Bertz CT molecular complexity index is 838. The summed E-state index contributed by atoms with van der Waals surface area (Å²) in [6.07, 6.45) is 0. The molecule has 0 saturated carbocycles. The lowest BCUT2D eigenvalue weighted by Gasteiger charge is -2.06. The van der Waals surface area contributed by atoms with Crippen LogP contribution in [0.3, 0.4) is 0 Å². The van der Waals surface area contributed by atoms with E-state index in [1.54, 1.807) is 19.1 Å². The maximum absolute atomic E-state index is 12.6. The Labute approximate surface area is 129 Å². The minimum Gasteiger partial charge on any atom is -0.454 e. The molecule has 1 aliphatic heterocycles. The van der Waals surface area contributed by atoms with E-state index in [9.17, 15) is 13.2 Å². The number of rotatable bonds is 3. The number of carbonyl (C=O) groups excluding carboxylic acids is 1. The first-order valence-electron chi connectivity index (χ1n) is 5.85. The highest BCUT2D eigenvalue weighted by molar-refractivity contribution is 8.13. The predicted molar refractivity (Wildman–Crippen MR) is 78.1 cm³/mol. The molecule has 0 atom stereocenters. The van der Waals surface area contributed by atoms with Crippen LogP contribution in [0.4, 0.5) is 0 Å². The van der Waals surface area contributed by atoms with Gasteiger partial charge in [0.15, 0.2) is 11.5 Å². The fourth-order valence-corrected chi connectivity index (χ4v) is 4.43. The number of thiophene rings is 1. The van der Waals surface area contributed by atoms with Gasteiger partial charge >= 0.3 is 0 Å². The quantitative estimate of drug-likeness (QED) is 0.632. The molecule has 0 N–H and O–H groups in total. The van der Waals surface area contributed by atoms with Crippen LogP contribution in [0.2, 0.25) is 0 Å². The Morgan fingerprint density at radius 2 is 1.95 bits per heavy atom. The minimum absolute atomic E-state index is 0.0898. The minimum atomic E-state index is -3.96. The SMILES string of the molecule is Cc1cc2c(cc1C(=O)c1sccc1S(=O)(=O)Cl)OCO2. The number of benzene rings is 1. The number of aryl methyl sites for hydroxylation is 1. The standard InChI is InChI=1S/C13H9ClO5S2/c1-7-4-9-10(19-6-18-9)5-8(7)12(15)13-11(2-3-20-13)21(14,16)17/h2-5H,6H2,1H3. The van der Waals surface area contributed by atoms with Crippen LogP contribution in [0.15, 0.2) is 28.5 Å². The number of ketones is 1. The maximum atomic E-state index is 12.6. The molecule has 1 aromatic heterocycles. The van der Waals surface area contributed by atoms with E-state index in [2.05, 4.69) is 0 Å². The molecule has 1 aromatic carbocycles. The summed E-state index contributed by atoms with van der Waals surface area (Å²) in [5.74, 6) is 0.635. The Hall–Kier alpha value is -1.57. The molecule has 0 amide bonds. The molecule has 0 aliphatic carbocycles. The van der Waals surface area contributed by atoms with Crippen LogP contribution in [-0.2, 0) is 9.05 Å². The Balaban J connectivity index is 2.10. The lowest BCUT2D eigenvalue weighted by molar-refractivity contribution is 0.103. The molecule has 5 nitrogen and oxygen atoms in total. The van der Waals surface area contributed by atoms with Crippen molar-refractivity contribution in [1.29, 1.82) is 0 Å². The molecule has 21 heavy (non-hydrogen) atoms. The van der Waals surface area contributed by atoms with Gasteiger partial charge in [0.25, 0.3) is 9.05 Å². The summed E-state index contributed by atoms with van der Waals surface area (Å²) in [7, 11) is 1.39. The number of hydrogen-bond acceptors (Lipinski definition) is 6. The molecule has 0 saturated heterocycles. The smallest absolute Gasteiger partial charge is 0.262 e. The zero-order valence-electron chi connectivity index (χ0n) is 10.8. The molecule has 110 valence electrons. The second-order valence-corrected chi connectivity index (χ2v) is 7.85. The van der Waals surface area contributed by atoms with Crippen LogP contribution in [-0.4, -0.2) is 21.0 Å². The van der Waals surface area contributed by atoms with E-state index >= 15 is 0 Å². The average molecular weight is 345 g/mol. The molecular weight excluding hydrogens is 336 g/mol. The summed E-state index contributed by atoms with van der Waals surface area (Å²) >= 11 is 1.04. The third-order valence-corrected chi connectivity index (χ3v) is 5.47. The van der Waals surface area contributed by atoms with Crippen LogP contribution >= 0.6 is 22.0 Å². The second kappa shape index (κ2) is 5.01. The predicted octanol–water partition coefficient (Wildman–Crippen LogP) is 2.94. The number of halogens is 1. The fraction of sp³-hybridized carbons (Fsp3) is 0.154. The highest BCUT2D eigenvalue weighted by Crippen LogP contribution is 2.36. The molecule has 0 bridgehead atoms. The topological polar surface area (TPSA) is 69.7 Å². The largest absolute Gasteiger partial charge is 0.454 e. The molecule has 2 aromatic rings. The van der Waals surface area contributed by atoms with Crippen molar-refractivity contribution in [2.75, 3.05) is 6.79 Å². The first-order valence-corrected chi connectivity index (χ1v) is 9.04. The normalized spacial score (nSPS) is 13.4. The molecule has 0 fully saturated rings. The van der Waals surface area contributed by atoms with Crippen molar-refractivity contribution in [3.05, 3.63) is 39.6 Å². The molecule has 0 radical (unpaired) electrons. The first kappa shape index (κ1) is 14.4. The summed E-state index contributed by atoms with van der Waals surface area (Å²) < 4.78 is 33.5. The van der Waals surface area contributed by atoms with Crippen molar-refractivity contribution < 1.29 is 22.7 Å². The Morgan fingerprint density at radius 3 is 2.62 bits per heavy atom. The van der Waals surface area contributed by atoms with Crippen molar-refractivity contribution in [2.24, 2.45) is 0 Å². The van der Waals surface area contributed by atoms with Gasteiger partial charge in [-0.2, -0.15) is 0 Å². The lowest BCUT2D eigenvalue weighted by Crippen LogP contribution is -2.05. The van der Waals surface area contributed by atoms with Gasteiger partial charge in [-0.1, -0.05) is 0 Å². The fourth-order valence-electron chi connectivity index (χ4n) is 2.07.